The van der Waals surface area contributed by atoms with Crippen molar-refractivity contribution in [3.8, 4) is 0 Å². The van der Waals surface area contributed by atoms with E-state index >= 15 is 0 Å². The van der Waals surface area contributed by atoms with Crippen LogP contribution in [0.25, 0.3) is 0 Å². The fraction of sp³-hybridized carbons (Fsp3) is 0.250. The van der Waals surface area contributed by atoms with Gasteiger partial charge in [-0.25, -0.2) is 0 Å². The van der Waals surface area contributed by atoms with Crippen molar-refractivity contribution < 1.29 is 9.59 Å². The van der Waals surface area contributed by atoms with Gasteiger partial charge in [0.05, 0.1) is 13.0 Å². The number of benzene rings is 1. The molecule has 0 radical (unpaired) electrons. The molecule has 0 spiro atoms. The first-order valence-electron chi connectivity index (χ1n) is 10.3. The molecule has 2 amide bonds. The molecule has 4 rings (SSSR count). The number of pyridine rings is 2. The van der Waals surface area contributed by atoms with Gasteiger partial charge in [-0.05, 0) is 29.8 Å². The Morgan fingerprint density at radius 3 is 2.26 bits per heavy atom. The second kappa shape index (κ2) is 9.38. The van der Waals surface area contributed by atoms with Gasteiger partial charge in [0.1, 0.15) is 5.56 Å². The highest BCUT2D eigenvalue weighted by atomic mass is 16.2. The van der Waals surface area contributed by atoms with E-state index in [1.807, 2.05) is 48.5 Å². The predicted octanol–water partition coefficient (Wildman–Crippen LogP) is 1.82. The van der Waals surface area contributed by atoms with Gasteiger partial charge in [0, 0.05) is 44.3 Å². The van der Waals surface area contributed by atoms with Crippen LogP contribution >= 0.6 is 0 Å². The third-order valence-corrected chi connectivity index (χ3v) is 5.42. The number of nitrogens with zero attached hydrogens (tertiary/aromatic N) is 4. The van der Waals surface area contributed by atoms with Crippen molar-refractivity contribution in [3.63, 3.8) is 0 Å². The van der Waals surface area contributed by atoms with E-state index in [0.717, 1.165) is 11.3 Å². The minimum absolute atomic E-state index is 0.00396. The maximum Gasteiger partial charge on any atom is 0.263 e. The lowest BCUT2D eigenvalue weighted by molar-refractivity contribution is -0.132. The fourth-order valence-corrected chi connectivity index (χ4v) is 3.70. The molecule has 0 N–H and O–H groups in total. The third-order valence-electron chi connectivity index (χ3n) is 5.42. The lowest BCUT2D eigenvalue weighted by Crippen LogP contribution is -2.51. The van der Waals surface area contributed by atoms with Crippen LogP contribution in [0.15, 0.2) is 77.9 Å². The molecule has 158 valence electrons. The van der Waals surface area contributed by atoms with Crippen molar-refractivity contribution in [2.75, 3.05) is 26.2 Å². The van der Waals surface area contributed by atoms with Crippen molar-refractivity contribution in [2.24, 2.45) is 0 Å². The molecule has 0 aliphatic carbocycles. The molecule has 1 aliphatic rings. The highest BCUT2D eigenvalue weighted by Gasteiger charge is 2.26. The molecule has 3 aromatic rings. The van der Waals surface area contributed by atoms with Crippen molar-refractivity contribution in [3.05, 3.63) is 100 Å². The minimum atomic E-state index is -0.301. The third kappa shape index (κ3) is 4.88. The van der Waals surface area contributed by atoms with Crippen molar-refractivity contribution in [2.45, 2.75) is 13.0 Å². The van der Waals surface area contributed by atoms with Crippen LogP contribution in [0.3, 0.4) is 0 Å². The quantitative estimate of drug-likeness (QED) is 0.636. The van der Waals surface area contributed by atoms with Gasteiger partial charge < -0.3 is 14.4 Å². The summed E-state index contributed by atoms with van der Waals surface area (Å²) in [7, 11) is 0. The van der Waals surface area contributed by atoms with Gasteiger partial charge in [-0.2, -0.15) is 0 Å². The van der Waals surface area contributed by atoms with E-state index in [1.54, 1.807) is 38.9 Å². The van der Waals surface area contributed by atoms with Crippen molar-refractivity contribution in [1.82, 2.24) is 19.4 Å². The summed E-state index contributed by atoms with van der Waals surface area (Å²) in [5, 5.41) is 0. The standard InChI is InChI=1S/C24H24N4O3/c29-22(17-20-9-4-5-11-25-20)26-13-15-27(16-14-26)23(30)21-10-6-12-28(24(21)31)18-19-7-2-1-3-8-19/h1-12H,13-18H2. The van der Waals surface area contributed by atoms with E-state index in [9.17, 15) is 14.4 Å². The first kappa shape index (κ1) is 20.5. The van der Waals surface area contributed by atoms with Crippen LogP contribution in [0.5, 0.6) is 0 Å². The van der Waals surface area contributed by atoms with Crippen LogP contribution < -0.4 is 5.56 Å². The summed E-state index contributed by atoms with van der Waals surface area (Å²) in [6.07, 6.45) is 3.61. The first-order valence-corrected chi connectivity index (χ1v) is 10.3. The first-order chi connectivity index (χ1) is 15.1. The zero-order chi connectivity index (χ0) is 21.6. The highest BCUT2D eigenvalue weighted by Crippen LogP contribution is 2.09. The average molecular weight is 416 g/mol. The number of amides is 2. The number of rotatable bonds is 5. The van der Waals surface area contributed by atoms with Crippen LogP contribution in [0.4, 0.5) is 0 Å². The Hall–Kier alpha value is -3.74. The van der Waals surface area contributed by atoms with E-state index in [0.29, 0.717) is 32.7 Å². The molecular formula is C24H24N4O3. The molecule has 7 nitrogen and oxygen atoms in total. The van der Waals surface area contributed by atoms with Gasteiger partial charge in [0.2, 0.25) is 5.91 Å². The number of hydrogen-bond acceptors (Lipinski definition) is 4. The normalized spacial score (nSPS) is 13.8. The number of aromatic nitrogens is 2. The lowest BCUT2D eigenvalue weighted by Gasteiger charge is -2.34. The summed E-state index contributed by atoms with van der Waals surface area (Å²) in [6, 6.07) is 18.5. The van der Waals surface area contributed by atoms with E-state index in [1.165, 1.54) is 0 Å². The Morgan fingerprint density at radius 1 is 0.839 bits per heavy atom. The number of carbonyl (C=O) groups excluding carboxylic acids is 2. The Labute approximate surface area is 180 Å². The molecule has 1 aliphatic heterocycles. The largest absolute Gasteiger partial charge is 0.339 e. The Bertz CT molecular complexity index is 1100. The van der Waals surface area contributed by atoms with Crippen LogP contribution in [-0.2, 0) is 17.8 Å². The average Bonchev–Trinajstić information content (AvgIpc) is 2.81. The smallest absolute Gasteiger partial charge is 0.263 e. The predicted molar refractivity (Wildman–Crippen MR) is 117 cm³/mol. The molecule has 31 heavy (non-hydrogen) atoms. The van der Waals surface area contributed by atoms with Gasteiger partial charge in [0.15, 0.2) is 0 Å². The Balaban J connectivity index is 1.39. The summed E-state index contributed by atoms with van der Waals surface area (Å²) in [5.41, 5.74) is 1.58. The molecule has 0 unspecified atom stereocenters. The topological polar surface area (TPSA) is 75.5 Å². The minimum Gasteiger partial charge on any atom is -0.339 e. The molecule has 2 aromatic heterocycles. The summed E-state index contributed by atoms with van der Waals surface area (Å²) < 4.78 is 1.55. The van der Waals surface area contributed by atoms with Gasteiger partial charge in [-0.3, -0.25) is 19.4 Å². The van der Waals surface area contributed by atoms with Crippen LogP contribution in [0.2, 0.25) is 0 Å². The molecule has 1 saturated heterocycles. The molecule has 3 heterocycles. The van der Waals surface area contributed by atoms with E-state index in [2.05, 4.69) is 4.98 Å². The number of hydrogen-bond donors (Lipinski definition) is 0. The molecule has 0 bridgehead atoms. The SMILES string of the molecule is O=C(Cc1ccccn1)N1CCN(C(=O)c2cccn(Cc3ccccc3)c2=O)CC1. The Morgan fingerprint density at radius 2 is 1.55 bits per heavy atom. The van der Waals surface area contributed by atoms with Gasteiger partial charge in [-0.15, -0.1) is 0 Å². The summed E-state index contributed by atoms with van der Waals surface area (Å²) >= 11 is 0. The summed E-state index contributed by atoms with van der Waals surface area (Å²) in [4.78, 5) is 46.0. The zero-order valence-electron chi connectivity index (χ0n) is 17.2. The summed E-state index contributed by atoms with van der Waals surface area (Å²) in [5.74, 6) is -0.292. The van der Waals surface area contributed by atoms with Gasteiger partial charge in [-0.1, -0.05) is 36.4 Å². The maximum atomic E-state index is 13.0. The molecule has 1 aromatic carbocycles. The monoisotopic (exact) mass is 416 g/mol. The van der Waals surface area contributed by atoms with Crippen molar-refractivity contribution in [1.29, 1.82) is 0 Å². The molecule has 0 saturated carbocycles. The van der Waals surface area contributed by atoms with Crippen LogP contribution in [-0.4, -0.2) is 57.3 Å². The second-order valence-electron chi connectivity index (χ2n) is 7.51. The van der Waals surface area contributed by atoms with Gasteiger partial charge >= 0.3 is 0 Å². The van der Waals surface area contributed by atoms with E-state index in [-0.39, 0.29) is 29.4 Å². The highest BCUT2D eigenvalue weighted by molar-refractivity contribution is 5.94. The van der Waals surface area contributed by atoms with E-state index < -0.39 is 0 Å². The number of piperazine rings is 1. The van der Waals surface area contributed by atoms with Crippen LogP contribution in [0, 0.1) is 0 Å². The van der Waals surface area contributed by atoms with E-state index in [4.69, 9.17) is 0 Å². The van der Waals surface area contributed by atoms with Crippen molar-refractivity contribution >= 4 is 11.8 Å². The number of carbonyl (C=O) groups is 2. The maximum absolute atomic E-state index is 13.0. The Kier molecular flexibility index (Phi) is 6.21. The fourth-order valence-electron chi connectivity index (χ4n) is 3.70. The molecule has 1 fully saturated rings. The van der Waals surface area contributed by atoms with Gasteiger partial charge in [0.25, 0.3) is 11.5 Å². The summed E-state index contributed by atoms with van der Waals surface area (Å²) in [6.45, 7) is 2.11. The van der Waals surface area contributed by atoms with Crippen LogP contribution in [0.1, 0.15) is 21.6 Å². The molecule has 0 atom stereocenters. The molecule has 7 heteroatoms. The zero-order valence-corrected chi connectivity index (χ0v) is 17.2. The molecular weight excluding hydrogens is 392 g/mol. The lowest BCUT2D eigenvalue weighted by atomic mass is 10.2. The second-order valence-corrected chi connectivity index (χ2v) is 7.51.